The Morgan fingerprint density at radius 1 is 0.500 bits per heavy atom. The molecule has 2 heteroatoms. The van der Waals surface area contributed by atoms with E-state index in [-0.39, 0.29) is 5.41 Å². The summed E-state index contributed by atoms with van der Waals surface area (Å²) in [6.45, 7) is 4.67. The molecule has 0 saturated carbocycles. The van der Waals surface area contributed by atoms with E-state index in [1.54, 1.807) is 0 Å². The van der Waals surface area contributed by atoms with Crippen molar-refractivity contribution in [3.63, 3.8) is 0 Å². The minimum Gasteiger partial charge on any atom is -0.345 e. The fraction of sp³-hybridized carbons (Fsp3) is 0.100. The molecule has 6 aromatic carbocycles. The maximum atomic E-state index is 2.37. The van der Waals surface area contributed by atoms with E-state index >= 15 is 0 Å². The maximum Gasteiger partial charge on any atom is 0.0541 e. The van der Waals surface area contributed by atoms with Crippen LogP contribution in [0.25, 0.3) is 49.7 Å². The van der Waals surface area contributed by atoms with Gasteiger partial charge in [0.25, 0.3) is 0 Å². The maximum absolute atomic E-state index is 2.37. The molecule has 0 amide bonds. The summed E-state index contributed by atoms with van der Waals surface area (Å²) in [6, 6.07) is 50.9. The predicted molar refractivity (Wildman–Crippen MR) is 178 cm³/mol. The van der Waals surface area contributed by atoms with Crippen LogP contribution in [0.15, 0.2) is 140 Å². The molecule has 1 aliphatic rings. The summed E-state index contributed by atoms with van der Waals surface area (Å²) in [5.41, 5.74) is 14.0. The fourth-order valence-electron chi connectivity index (χ4n) is 6.93. The normalized spacial score (nSPS) is 13.3. The third-order valence-corrected chi connectivity index (χ3v) is 9.25. The highest BCUT2D eigenvalue weighted by Crippen LogP contribution is 2.49. The van der Waals surface area contributed by atoms with Crippen molar-refractivity contribution in [1.29, 1.82) is 0 Å². The van der Waals surface area contributed by atoms with Crippen molar-refractivity contribution in [2.24, 2.45) is 0 Å². The molecule has 0 bridgehead atoms. The number of para-hydroxylation sites is 2. The Kier molecular flexibility index (Phi) is 5.42. The van der Waals surface area contributed by atoms with Crippen LogP contribution in [0.5, 0.6) is 0 Å². The Morgan fingerprint density at radius 2 is 1.02 bits per heavy atom. The molecule has 0 saturated heterocycles. The standard InChI is InChI=1S/C40H32N2/c1-40(2)36-13-7-4-10-32(36)33-25-24-31(26-37(33)40)41(3)29-20-16-27(17-21-29)28-18-22-30(23-19-28)42-38-14-8-5-11-34(38)35-12-6-9-15-39(35)42/h4-26H,1-3H3. The molecule has 0 radical (unpaired) electrons. The highest BCUT2D eigenvalue weighted by molar-refractivity contribution is 6.09. The van der Waals surface area contributed by atoms with Crippen molar-refractivity contribution < 1.29 is 0 Å². The number of fused-ring (bicyclic) bond motifs is 6. The van der Waals surface area contributed by atoms with Gasteiger partial charge >= 0.3 is 0 Å². The first-order chi connectivity index (χ1) is 20.5. The van der Waals surface area contributed by atoms with Gasteiger partial charge in [-0.25, -0.2) is 0 Å². The molecule has 202 valence electrons. The van der Waals surface area contributed by atoms with Crippen molar-refractivity contribution in [2.45, 2.75) is 19.3 Å². The lowest BCUT2D eigenvalue weighted by Crippen LogP contribution is -2.16. The van der Waals surface area contributed by atoms with Gasteiger partial charge in [0, 0.05) is 40.3 Å². The third kappa shape index (κ3) is 3.65. The van der Waals surface area contributed by atoms with Crippen LogP contribution in [-0.2, 0) is 5.41 Å². The Balaban J connectivity index is 1.08. The van der Waals surface area contributed by atoms with Crippen LogP contribution in [-0.4, -0.2) is 11.6 Å². The molecular formula is C40H32N2. The van der Waals surface area contributed by atoms with Gasteiger partial charge in [0.15, 0.2) is 0 Å². The molecule has 1 aromatic heterocycles. The summed E-state index contributed by atoms with van der Waals surface area (Å²) < 4.78 is 2.36. The van der Waals surface area contributed by atoms with Gasteiger partial charge in [-0.05, 0) is 81.9 Å². The zero-order valence-corrected chi connectivity index (χ0v) is 24.2. The van der Waals surface area contributed by atoms with Gasteiger partial charge in [0.05, 0.1) is 11.0 Å². The lowest BCUT2D eigenvalue weighted by Gasteiger charge is -2.25. The molecule has 0 aliphatic heterocycles. The first kappa shape index (κ1) is 24.7. The van der Waals surface area contributed by atoms with Gasteiger partial charge in [-0.2, -0.15) is 0 Å². The molecule has 1 aliphatic carbocycles. The Labute approximate surface area is 247 Å². The number of anilines is 2. The van der Waals surface area contributed by atoms with Gasteiger partial charge in [-0.1, -0.05) is 105 Å². The van der Waals surface area contributed by atoms with Crippen LogP contribution in [0.2, 0.25) is 0 Å². The van der Waals surface area contributed by atoms with Gasteiger partial charge < -0.3 is 9.47 Å². The summed E-state index contributed by atoms with van der Waals surface area (Å²) in [7, 11) is 2.16. The molecule has 42 heavy (non-hydrogen) atoms. The molecular weight excluding hydrogens is 508 g/mol. The lowest BCUT2D eigenvalue weighted by molar-refractivity contribution is 0.660. The van der Waals surface area contributed by atoms with Crippen LogP contribution in [0, 0.1) is 0 Å². The highest BCUT2D eigenvalue weighted by atomic mass is 15.1. The summed E-state index contributed by atoms with van der Waals surface area (Å²) >= 11 is 0. The summed E-state index contributed by atoms with van der Waals surface area (Å²) in [6.07, 6.45) is 0. The molecule has 1 heterocycles. The number of aromatic nitrogens is 1. The number of rotatable bonds is 4. The topological polar surface area (TPSA) is 8.17 Å². The molecule has 7 aromatic rings. The third-order valence-electron chi connectivity index (χ3n) is 9.25. The lowest BCUT2D eigenvalue weighted by atomic mass is 9.82. The Bertz CT molecular complexity index is 2060. The summed E-state index contributed by atoms with van der Waals surface area (Å²) in [5.74, 6) is 0. The Hall–Kier alpha value is -5.08. The molecule has 0 spiro atoms. The van der Waals surface area contributed by atoms with Crippen LogP contribution in [0.1, 0.15) is 25.0 Å². The van der Waals surface area contributed by atoms with Crippen molar-refractivity contribution in [2.75, 3.05) is 11.9 Å². The smallest absolute Gasteiger partial charge is 0.0541 e. The summed E-state index contributed by atoms with van der Waals surface area (Å²) in [4.78, 5) is 2.29. The van der Waals surface area contributed by atoms with E-state index in [0.717, 1.165) is 0 Å². The van der Waals surface area contributed by atoms with Crippen LogP contribution in [0.4, 0.5) is 11.4 Å². The second kappa shape index (κ2) is 9.22. The highest BCUT2D eigenvalue weighted by Gasteiger charge is 2.35. The minimum absolute atomic E-state index is 0.00196. The SMILES string of the molecule is CN(c1ccc(-c2ccc(-n3c4ccccc4c4ccccc43)cc2)cc1)c1ccc2c(c1)C(C)(C)c1ccccc1-2. The zero-order chi connectivity index (χ0) is 28.4. The molecule has 0 fully saturated rings. The van der Waals surface area contributed by atoms with E-state index in [9.17, 15) is 0 Å². The van der Waals surface area contributed by atoms with E-state index in [4.69, 9.17) is 0 Å². The van der Waals surface area contributed by atoms with E-state index < -0.39 is 0 Å². The van der Waals surface area contributed by atoms with Crippen LogP contribution in [0.3, 0.4) is 0 Å². The molecule has 2 nitrogen and oxygen atoms in total. The van der Waals surface area contributed by atoms with Crippen molar-refractivity contribution in [1.82, 2.24) is 4.57 Å². The fourth-order valence-corrected chi connectivity index (χ4v) is 6.93. The van der Waals surface area contributed by atoms with Gasteiger partial charge in [0.2, 0.25) is 0 Å². The second-order valence-corrected chi connectivity index (χ2v) is 11.9. The van der Waals surface area contributed by atoms with Crippen molar-refractivity contribution >= 4 is 33.2 Å². The number of nitrogens with zero attached hydrogens (tertiary/aromatic N) is 2. The van der Waals surface area contributed by atoms with Gasteiger partial charge in [-0.3, -0.25) is 0 Å². The largest absolute Gasteiger partial charge is 0.345 e. The Morgan fingerprint density at radius 3 is 1.69 bits per heavy atom. The molecule has 8 rings (SSSR count). The number of benzene rings is 6. The summed E-state index contributed by atoms with van der Waals surface area (Å²) in [5, 5.41) is 2.57. The zero-order valence-electron chi connectivity index (χ0n) is 24.2. The van der Waals surface area contributed by atoms with Gasteiger partial charge in [-0.15, -0.1) is 0 Å². The quantitative estimate of drug-likeness (QED) is 0.216. The molecule has 0 unspecified atom stereocenters. The first-order valence-corrected chi connectivity index (χ1v) is 14.7. The molecule has 0 atom stereocenters. The van der Waals surface area contributed by atoms with E-state index in [2.05, 4.69) is 170 Å². The van der Waals surface area contributed by atoms with E-state index in [0.29, 0.717) is 0 Å². The van der Waals surface area contributed by atoms with Crippen molar-refractivity contribution in [3.8, 4) is 27.9 Å². The van der Waals surface area contributed by atoms with Crippen LogP contribution >= 0.6 is 0 Å². The first-order valence-electron chi connectivity index (χ1n) is 14.7. The van der Waals surface area contributed by atoms with E-state index in [1.807, 2.05) is 0 Å². The predicted octanol–water partition coefficient (Wildman–Crippen LogP) is 10.5. The number of hydrogen-bond donors (Lipinski definition) is 0. The monoisotopic (exact) mass is 540 g/mol. The van der Waals surface area contributed by atoms with Crippen molar-refractivity contribution in [3.05, 3.63) is 151 Å². The van der Waals surface area contributed by atoms with E-state index in [1.165, 1.54) is 72.2 Å². The average molecular weight is 541 g/mol. The van der Waals surface area contributed by atoms with Gasteiger partial charge in [0.1, 0.15) is 0 Å². The molecule has 0 N–H and O–H groups in total. The number of hydrogen-bond acceptors (Lipinski definition) is 1. The second-order valence-electron chi connectivity index (χ2n) is 11.9. The average Bonchev–Trinajstić information content (AvgIpc) is 3.50. The van der Waals surface area contributed by atoms with Crippen LogP contribution < -0.4 is 4.90 Å². The minimum atomic E-state index is -0.00196.